The zero-order valence-electron chi connectivity index (χ0n) is 20.2. The summed E-state index contributed by atoms with van der Waals surface area (Å²) in [4.78, 5) is 4.70. The van der Waals surface area contributed by atoms with Crippen molar-refractivity contribution >= 4 is 0 Å². The highest BCUT2D eigenvalue weighted by atomic mass is 19.1. The van der Waals surface area contributed by atoms with Crippen LogP contribution in [0, 0.1) is 11.6 Å². The third-order valence-electron chi connectivity index (χ3n) is 6.91. The van der Waals surface area contributed by atoms with E-state index in [2.05, 4.69) is 28.7 Å². The summed E-state index contributed by atoms with van der Waals surface area (Å²) in [6.07, 6.45) is 12.5. The Bertz CT molecular complexity index is 824. The number of hydrogen-bond acceptors (Lipinski definition) is 4. The quantitative estimate of drug-likeness (QED) is 0.434. The third-order valence-corrected chi connectivity index (χ3v) is 6.91. The maximum absolute atomic E-state index is 14.7. The van der Waals surface area contributed by atoms with Gasteiger partial charge in [-0.05, 0) is 25.5 Å². The van der Waals surface area contributed by atoms with Crippen LogP contribution in [0.3, 0.4) is 0 Å². The molecule has 1 saturated heterocycles. The number of hydrogen-bond donors (Lipinski definition) is 1. The standard InChI is InChI=1S/C26H40F2N4O/c1-3-4-5-6-7-8-10-22(2)31-17-15-30(16-18-31)20-26(33,21-32-14-9-13-29-32)24-12-11-23(27)19-25(24)28/h9,11-14,19,22,33H,3-8,10,15-18,20-21H2,1-2H3. The topological polar surface area (TPSA) is 44.5 Å². The van der Waals surface area contributed by atoms with Crippen molar-refractivity contribution in [1.82, 2.24) is 19.6 Å². The molecule has 2 unspecified atom stereocenters. The normalized spacial score (nSPS) is 18.3. The number of halogens is 2. The van der Waals surface area contributed by atoms with Crippen molar-refractivity contribution < 1.29 is 13.9 Å². The molecule has 2 atom stereocenters. The second-order valence-electron chi connectivity index (χ2n) is 9.58. The minimum atomic E-state index is -1.50. The van der Waals surface area contributed by atoms with Crippen LogP contribution in [0.2, 0.25) is 0 Å². The van der Waals surface area contributed by atoms with Gasteiger partial charge < -0.3 is 5.11 Å². The fourth-order valence-electron chi connectivity index (χ4n) is 4.88. The van der Waals surface area contributed by atoms with Gasteiger partial charge in [-0.15, -0.1) is 0 Å². The third kappa shape index (κ3) is 7.59. The molecule has 1 N–H and O–H groups in total. The van der Waals surface area contributed by atoms with Crippen molar-refractivity contribution in [2.75, 3.05) is 32.7 Å². The Morgan fingerprint density at radius 1 is 1.03 bits per heavy atom. The summed E-state index contributed by atoms with van der Waals surface area (Å²) in [7, 11) is 0. The SMILES string of the molecule is CCCCCCCCC(C)N1CCN(CC(O)(Cn2cccn2)c2ccc(F)cc2F)CC1. The molecule has 0 amide bonds. The summed E-state index contributed by atoms with van der Waals surface area (Å²) in [5, 5.41) is 15.8. The first-order chi connectivity index (χ1) is 15.9. The molecular weight excluding hydrogens is 422 g/mol. The molecule has 5 nitrogen and oxygen atoms in total. The van der Waals surface area contributed by atoms with Gasteiger partial charge >= 0.3 is 0 Å². The van der Waals surface area contributed by atoms with Crippen LogP contribution in [0.15, 0.2) is 36.7 Å². The number of β-amino-alcohol motifs (C(OH)–C–C–N with tert-alkyl or cyclic N) is 1. The Morgan fingerprint density at radius 2 is 1.76 bits per heavy atom. The van der Waals surface area contributed by atoms with Gasteiger partial charge in [-0.3, -0.25) is 14.5 Å². The molecule has 1 aromatic heterocycles. The maximum Gasteiger partial charge on any atom is 0.132 e. The number of aromatic nitrogens is 2. The van der Waals surface area contributed by atoms with Gasteiger partial charge in [0.1, 0.15) is 17.2 Å². The molecule has 1 fully saturated rings. The largest absolute Gasteiger partial charge is 0.382 e. The van der Waals surface area contributed by atoms with E-state index in [1.54, 1.807) is 23.1 Å². The molecule has 0 bridgehead atoms. The fraction of sp³-hybridized carbons (Fsp3) is 0.654. The molecule has 2 heterocycles. The number of nitrogens with zero attached hydrogens (tertiary/aromatic N) is 4. The highest BCUT2D eigenvalue weighted by Crippen LogP contribution is 2.28. The summed E-state index contributed by atoms with van der Waals surface area (Å²) in [6, 6.07) is 5.72. The summed E-state index contributed by atoms with van der Waals surface area (Å²) >= 11 is 0. The summed E-state index contributed by atoms with van der Waals surface area (Å²) < 4.78 is 29.8. The van der Waals surface area contributed by atoms with Crippen LogP contribution >= 0.6 is 0 Å². The van der Waals surface area contributed by atoms with Gasteiger partial charge in [0.15, 0.2) is 0 Å². The summed E-state index contributed by atoms with van der Waals surface area (Å²) in [6.45, 7) is 8.42. The molecule has 2 aromatic rings. The van der Waals surface area contributed by atoms with E-state index in [4.69, 9.17) is 0 Å². The summed E-state index contributed by atoms with van der Waals surface area (Å²) in [5.74, 6) is -1.37. The molecule has 0 spiro atoms. The number of benzene rings is 1. The van der Waals surface area contributed by atoms with Crippen LogP contribution in [0.25, 0.3) is 0 Å². The lowest BCUT2D eigenvalue weighted by Crippen LogP contribution is -2.54. The van der Waals surface area contributed by atoms with Gasteiger partial charge in [-0.2, -0.15) is 5.10 Å². The average molecular weight is 463 g/mol. The first kappa shape index (κ1) is 25.8. The monoisotopic (exact) mass is 462 g/mol. The lowest BCUT2D eigenvalue weighted by molar-refractivity contribution is -0.0345. The minimum Gasteiger partial charge on any atom is -0.382 e. The van der Waals surface area contributed by atoms with Gasteiger partial charge in [0.25, 0.3) is 0 Å². The van der Waals surface area contributed by atoms with E-state index in [9.17, 15) is 13.9 Å². The molecule has 0 radical (unpaired) electrons. The molecule has 1 aromatic carbocycles. The Kier molecular flexibility index (Phi) is 9.83. The van der Waals surface area contributed by atoms with Gasteiger partial charge in [-0.1, -0.05) is 51.5 Å². The van der Waals surface area contributed by atoms with Crippen molar-refractivity contribution in [2.24, 2.45) is 0 Å². The predicted molar refractivity (Wildman–Crippen MR) is 128 cm³/mol. The van der Waals surface area contributed by atoms with Crippen molar-refractivity contribution in [1.29, 1.82) is 0 Å². The van der Waals surface area contributed by atoms with E-state index in [1.165, 1.54) is 57.1 Å². The molecule has 33 heavy (non-hydrogen) atoms. The van der Waals surface area contributed by atoms with Crippen molar-refractivity contribution in [3.05, 3.63) is 53.9 Å². The predicted octanol–water partition coefficient (Wildman–Crippen LogP) is 4.81. The zero-order chi connectivity index (χ0) is 23.7. The lowest BCUT2D eigenvalue weighted by atomic mass is 9.92. The Labute approximate surface area is 197 Å². The van der Waals surface area contributed by atoms with Crippen molar-refractivity contribution in [3.63, 3.8) is 0 Å². The molecule has 0 saturated carbocycles. The Morgan fingerprint density at radius 3 is 2.42 bits per heavy atom. The van der Waals surface area contributed by atoms with Gasteiger partial charge in [0, 0.05) is 62.8 Å². The number of rotatable bonds is 13. The van der Waals surface area contributed by atoms with Gasteiger partial charge in [0.05, 0.1) is 6.54 Å². The zero-order valence-corrected chi connectivity index (χ0v) is 20.2. The molecule has 3 rings (SSSR count). The van der Waals surface area contributed by atoms with E-state index in [0.717, 1.165) is 32.2 Å². The van der Waals surface area contributed by atoms with Crippen LogP contribution in [-0.4, -0.2) is 63.5 Å². The molecule has 0 aliphatic carbocycles. The average Bonchev–Trinajstić information content (AvgIpc) is 3.29. The molecule has 1 aliphatic rings. The molecule has 184 valence electrons. The lowest BCUT2D eigenvalue weighted by Gasteiger charge is -2.41. The second-order valence-corrected chi connectivity index (χ2v) is 9.58. The smallest absolute Gasteiger partial charge is 0.132 e. The molecule has 7 heteroatoms. The van der Waals surface area contributed by atoms with Crippen LogP contribution in [0.1, 0.15) is 64.4 Å². The number of piperazine rings is 1. The van der Waals surface area contributed by atoms with Gasteiger partial charge in [0.2, 0.25) is 0 Å². The number of aliphatic hydroxyl groups is 1. The van der Waals surface area contributed by atoms with E-state index in [-0.39, 0.29) is 18.7 Å². The van der Waals surface area contributed by atoms with Crippen LogP contribution in [0.4, 0.5) is 8.78 Å². The molecular formula is C26H40F2N4O. The molecule has 1 aliphatic heterocycles. The fourth-order valence-corrected chi connectivity index (χ4v) is 4.88. The highest BCUT2D eigenvalue weighted by molar-refractivity contribution is 5.26. The Balaban J connectivity index is 1.55. The number of unbranched alkanes of at least 4 members (excludes halogenated alkanes) is 5. The highest BCUT2D eigenvalue weighted by Gasteiger charge is 2.36. The van der Waals surface area contributed by atoms with E-state index >= 15 is 0 Å². The second kappa shape index (κ2) is 12.6. The van der Waals surface area contributed by atoms with Crippen LogP contribution < -0.4 is 0 Å². The summed E-state index contributed by atoms with van der Waals surface area (Å²) in [5.41, 5.74) is -1.39. The van der Waals surface area contributed by atoms with Crippen molar-refractivity contribution in [3.8, 4) is 0 Å². The van der Waals surface area contributed by atoms with Gasteiger partial charge in [-0.25, -0.2) is 8.78 Å². The maximum atomic E-state index is 14.7. The van der Waals surface area contributed by atoms with E-state index in [1.807, 2.05) is 0 Å². The minimum absolute atomic E-state index is 0.108. The van der Waals surface area contributed by atoms with Crippen LogP contribution in [-0.2, 0) is 12.1 Å². The Hall–Kier alpha value is -1.83. The first-order valence-corrected chi connectivity index (χ1v) is 12.5. The van der Waals surface area contributed by atoms with Crippen molar-refractivity contribution in [2.45, 2.75) is 77.0 Å². The first-order valence-electron chi connectivity index (χ1n) is 12.5. The van der Waals surface area contributed by atoms with E-state index in [0.29, 0.717) is 6.04 Å². The van der Waals surface area contributed by atoms with Crippen LogP contribution in [0.5, 0.6) is 0 Å². The van der Waals surface area contributed by atoms with E-state index < -0.39 is 17.2 Å².